The van der Waals surface area contributed by atoms with Crippen LogP contribution in [0, 0.1) is 28.5 Å². The van der Waals surface area contributed by atoms with E-state index in [1.54, 1.807) is 12.1 Å². The minimum atomic E-state index is -0.715. The smallest absolute Gasteiger partial charge is 0.254 e. The van der Waals surface area contributed by atoms with Gasteiger partial charge in [-0.1, -0.05) is 12.1 Å². The second-order valence-corrected chi connectivity index (χ2v) is 8.89. The first-order valence-corrected chi connectivity index (χ1v) is 12.3. The van der Waals surface area contributed by atoms with E-state index in [9.17, 15) is 14.4 Å². The van der Waals surface area contributed by atoms with E-state index in [0.29, 0.717) is 31.0 Å². The zero-order valence-electron chi connectivity index (χ0n) is 20.9. The minimum absolute atomic E-state index is 0.0820. The highest BCUT2D eigenvalue weighted by Gasteiger charge is 2.32. The van der Waals surface area contributed by atoms with Crippen molar-refractivity contribution in [1.82, 2.24) is 20.2 Å². The minimum Gasteiger partial charge on any atom is -0.348 e. The van der Waals surface area contributed by atoms with Gasteiger partial charge in [-0.05, 0) is 56.2 Å². The molecule has 1 aromatic heterocycles. The molecule has 4 rings (SSSR count). The Balaban J connectivity index is 1.55. The molecule has 2 heterocycles. The first kappa shape index (κ1) is 25.7. The predicted octanol–water partition coefficient (Wildman–Crippen LogP) is 3.80. The maximum absolute atomic E-state index is 14.3. The van der Waals surface area contributed by atoms with Crippen LogP contribution in [0.4, 0.5) is 10.3 Å². The number of nitrogens with one attached hydrogen (secondary N) is 1. The number of nitrogens with zero attached hydrogens (tertiary/aromatic N) is 6. The average Bonchev–Trinajstić information content (AvgIpc) is 3.38. The third kappa shape index (κ3) is 5.74. The monoisotopic (exact) mass is 497 g/mol. The van der Waals surface area contributed by atoms with Crippen LogP contribution in [0.2, 0.25) is 0 Å². The lowest BCUT2D eigenvalue weighted by molar-refractivity contribution is 0.0933. The number of carbonyl (C=O) groups excluding carboxylic acids is 1. The molecule has 3 aromatic rings. The number of aromatic nitrogens is 2. The molecular formula is C28H28FN7O. The number of hydrogen-bond donors (Lipinski definition) is 1. The molecule has 188 valence electrons. The van der Waals surface area contributed by atoms with Gasteiger partial charge in [0.25, 0.3) is 5.91 Å². The highest BCUT2D eigenvalue weighted by Crippen LogP contribution is 2.32. The van der Waals surface area contributed by atoms with Crippen LogP contribution in [-0.2, 0) is 0 Å². The molecule has 1 aliphatic rings. The topological polar surface area (TPSA) is 109 Å². The molecule has 8 nitrogen and oxygen atoms in total. The Morgan fingerprint density at radius 3 is 2.32 bits per heavy atom. The Morgan fingerprint density at radius 2 is 1.73 bits per heavy atom. The zero-order valence-corrected chi connectivity index (χ0v) is 20.9. The number of nitriles is 2. The van der Waals surface area contributed by atoms with E-state index < -0.39 is 11.7 Å². The maximum Gasteiger partial charge on any atom is 0.254 e. The van der Waals surface area contributed by atoms with E-state index in [-0.39, 0.29) is 23.2 Å². The summed E-state index contributed by atoms with van der Waals surface area (Å²) in [4.78, 5) is 26.3. The van der Waals surface area contributed by atoms with Gasteiger partial charge in [0.15, 0.2) is 0 Å². The SMILES string of the molecule is CCN(CC)c1ncc([C@@H](c2ccc(C#N)cc2)N2CCC(NC(=O)c3ccc(C#N)cc3F)C2)cn1. The zero-order chi connectivity index (χ0) is 26.4. The van der Waals surface area contributed by atoms with E-state index in [1.807, 2.05) is 30.6 Å². The molecule has 0 aliphatic carbocycles. The quantitative estimate of drug-likeness (QED) is 0.504. The van der Waals surface area contributed by atoms with Crippen LogP contribution < -0.4 is 10.2 Å². The first-order valence-electron chi connectivity index (χ1n) is 12.3. The summed E-state index contributed by atoms with van der Waals surface area (Å²) in [5.74, 6) is -0.550. The van der Waals surface area contributed by atoms with Crippen LogP contribution in [0.3, 0.4) is 0 Å². The van der Waals surface area contributed by atoms with Gasteiger partial charge >= 0.3 is 0 Å². The van der Waals surface area contributed by atoms with E-state index >= 15 is 0 Å². The van der Waals surface area contributed by atoms with Crippen molar-refractivity contribution in [2.45, 2.75) is 32.4 Å². The Morgan fingerprint density at radius 1 is 1.08 bits per heavy atom. The summed E-state index contributed by atoms with van der Waals surface area (Å²) in [7, 11) is 0. The molecule has 2 aromatic carbocycles. The number of halogens is 1. The molecule has 1 N–H and O–H groups in total. The van der Waals surface area contributed by atoms with E-state index in [2.05, 4.69) is 45.0 Å². The molecule has 9 heteroatoms. The van der Waals surface area contributed by atoms with Crippen LogP contribution in [0.25, 0.3) is 0 Å². The van der Waals surface area contributed by atoms with Gasteiger partial charge < -0.3 is 10.2 Å². The van der Waals surface area contributed by atoms with Gasteiger partial charge in [0.05, 0.1) is 34.9 Å². The molecule has 37 heavy (non-hydrogen) atoms. The van der Waals surface area contributed by atoms with Gasteiger partial charge in [0.1, 0.15) is 5.82 Å². The summed E-state index contributed by atoms with van der Waals surface area (Å²) in [5, 5.41) is 21.1. The maximum atomic E-state index is 14.3. The molecule has 0 radical (unpaired) electrons. The fourth-order valence-corrected chi connectivity index (χ4v) is 4.67. The van der Waals surface area contributed by atoms with Crippen molar-refractivity contribution in [2.75, 3.05) is 31.1 Å². The molecule has 0 bridgehead atoms. The van der Waals surface area contributed by atoms with Gasteiger partial charge in [-0.15, -0.1) is 0 Å². The summed E-state index contributed by atoms with van der Waals surface area (Å²) < 4.78 is 14.3. The third-order valence-electron chi connectivity index (χ3n) is 6.64. The molecule has 1 saturated heterocycles. The molecule has 0 spiro atoms. The summed E-state index contributed by atoms with van der Waals surface area (Å²) in [5.41, 5.74) is 2.56. The lowest BCUT2D eigenvalue weighted by Gasteiger charge is -2.29. The molecule has 1 aliphatic heterocycles. The second kappa shape index (κ2) is 11.6. The second-order valence-electron chi connectivity index (χ2n) is 8.89. The van der Waals surface area contributed by atoms with Crippen molar-refractivity contribution >= 4 is 11.9 Å². The molecule has 2 atom stereocenters. The standard InChI is InChI=1S/C28H28FN7O/c1-3-35(4-2)28-32-16-22(17-33-28)26(21-8-5-19(14-30)6-9-21)36-12-11-23(18-36)34-27(37)24-10-7-20(15-31)13-25(24)29/h5-10,13,16-17,23,26H,3-4,11-12,18H2,1-2H3,(H,34,37)/t23?,26-/m1/s1. The van der Waals surface area contributed by atoms with Crippen LogP contribution in [0.1, 0.15) is 58.9 Å². The van der Waals surface area contributed by atoms with Crippen molar-refractivity contribution in [3.05, 3.63) is 88.5 Å². The number of carbonyl (C=O) groups is 1. The molecular weight excluding hydrogens is 469 g/mol. The van der Waals surface area contributed by atoms with Gasteiger partial charge in [-0.25, -0.2) is 14.4 Å². The van der Waals surface area contributed by atoms with Crippen molar-refractivity contribution in [1.29, 1.82) is 10.5 Å². The van der Waals surface area contributed by atoms with Crippen LogP contribution in [0.5, 0.6) is 0 Å². The fourth-order valence-electron chi connectivity index (χ4n) is 4.67. The van der Waals surface area contributed by atoms with Gasteiger partial charge in [-0.3, -0.25) is 9.69 Å². The molecule has 1 fully saturated rings. The number of likely N-dealkylation sites (tertiary alicyclic amines) is 1. The van der Waals surface area contributed by atoms with Crippen LogP contribution >= 0.6 is 0 Å². The summed E-state index contributed by atoms with van der Waals surface area (Å²) >= 11 is 0. The largest absolute Gasteiger partial charge is 0.348 e. The summed E-state index contributed by atoms with van der Waals surface area (Å²) in [6, 6.07) is 14.9. The Hall–Kier alpha value is -4.34. The molecule has 0 saturated carbocycles. The Bertz CT molecular complexity index is 1320. The van der Waals surface area contributed by atoms with Gasteiger partial charge in [0.2, 0.25) is 5.95 Å². The Kier molecular flexibility index (Phi) is 8.07. The summed E-state index contributed by atoms with van der Waals surface area (Å²) in [6.07, 6.45) is 4.36. The first-order chi connectivity index (χ1) is 18.0. The number of benzene rings is 2. The van der Waals surface area contributed by atoms with Gasteiger partial charge in [-0.2, -0.15) is 10.5 Å². The lowest BCUT2D eigenvalue weighted by atomic mass is 9.98. The van der Waals surface area contributed by atoms with Crippen molar-refractivity contribution in [3.63, 3.8) is 0 Å². The average molecular weight is 498 g/mol. The van der Waals surface area contributed by atoms with E-state index in [0.717, 1.165) is 30.3 Å². The number of amides is 1. The molecule has 1 amide bonds. The van der Waals surface area contributed by atoms with E-state index in [1.165, 1.54) is 12.1 Å². The van der Waals surface area contributed by atoms with Crippen molar-refractivity contribution in [2.24, 2.45) is 0 Å². The van der Waals surface area contributed by atoms with Crippen LogP contribution in [-0.4, -0.2) is 53.0 Å². The van der Waals surface area contributed by atoms with Crippen LogP contribution in [0.15, 0.2) is 54.9 Å². The van der Waals surface area contributed by atoms with E-state index in [4.69, 9.17) is 5.26 Å². The number of hydrogen-bond acceptors (Lipinski definition) is 7. The van der Waals surface area contributed by atoms with Gasteiger partial charge in [0, 0.05) is 50.2 Å². The van der Waals surface area contributed by atoms with Crippen molar-refractivity contribution in [3.8, 4) is 12.1 Å². The molecule has 1 unspecified atom stereocenters. The lowest BCUT2D eigenvalue weighted by Crippen LogP contribution is -2.38. The van der Waals surface area contributed by atoms with Crippen molar-refractivity contribution < 1.29 is 9.18 Å². The highest BCUT2D eigenvalue weighted by atomic mass is 19.1. The Labute approximate surface area is 216 Å². The predicted molar refractivity (Wildman–Crippen MR) is 137 cm³/mol. The third-order valence-corrected chi connectivity index (χ3v) is 6.64. The number of anilines is 1. The summed E-state index contributed by atoms with van der Waals surface area (Å²) in [6.45, 7) is 6.98. The highest BCUT2D eigenvalue weighted by molar-refractivity contribution is 5.94. The fraction of sp³-hybridized carbons (Fsp3) is 0.321. The number of rotatable bonds is 8. The normalized spacial score (nSPS) is 16.0.